The molecule has 0 unspecified atom stereocenters. The maximum absolute atomic E-state index is 11.0. The number of nitrogens with one attached hydrogen (secondary N) is 1. The number of aromatic nitrogens is 2. The minimum absolute atomic E-state index is 0.0508. The summed E-state index contributed by atoms with van der Waals surface area (Å²) in [5.41, 5.74) is 3.23. The zero-order valence-corrected chi connectivity index (χ0v) is 13.3. The fourth-order valence-electron chi connectivity index (χ4n) is 2.33. The molecule has 0 bridgehead atoms. The first kappa shape index (κ1) is 15.7. The highest BCUT2D eigenvalue weighted by atomic mass is 35.5. The minimum Gasteiger partial charge on any atom is -0.337 e. The van der Waals surface area contributed by atoms with Crippen LogP contribution in [0.2, 0.25) is 5.02 Å². The number of hydrogen-bond donors (Lipinski definition) is 1. The van der Waals surface area contributed by atoms with Crippen molar-refractivity contribution in [1.82, 2.24) is 9.97 Å². The van der Waals surface area contributed by atoms with Crippen LogP contribution in [0, 0.1) is 28.4 Å². The molecule has 0 aliphatic rings. The van der Waals surface area contributed by atoms with Gasteiger partial charge in [0.05, 0.1) is 21.5 Å². The van der Waals surface area contributed by atoms with Gasteiger partial charge in [-0.15, -0.1) is 0 Å². The highest BCUT2D eigenvalue weighted by molar-refractivity contribution is 6.32. The van der Waals surface area contributed by atoms with E-state index in [9.17, 15) is 15.4 Å². The summed E-state index contributed by atoms with van der Waals surface area (Å²) in [5, 5.41) is 20.4. The number of benzene rings is 2. The van der Waals surface area contributed by atoms with Crippen molar-refractivity contribution in [3.8, 4) is 6.07 Å². The largest absolute Gasteiger partial charge is 0.337 e. The third kappa shape index (κ3) is 2.98. The number of nitro groups is 1. The number of aryl methyl sites for hydroxylation is 1. The molecule has 0 atom stereocenters. The van der Waals surface area contributed by atoms with Crippen LogP contribution in [0.1, 0.15) is 17.0 Å². The van der Waals surface area contributed by atoms with E-state index in [2.05, 4.69) is 16.0 Å². The molecule has 2 aromatic carbocycles. The number of allylic oxidation sites excluding steroid dienone is 1. The van der Waals surface area contributed by atoms with Gasteiger partial charge in [-0.1, -0.05) is 23.7 Å². The van der Waals surface area contributed by atoms with E-state index < -0.39 is 4.92 Å². The molecule has 3 rings (SSSR count). The van der Waals surface area contributed by atoms with E-state index in [0.717, 1.165) is 16.6 Å². The lowest BCUT2D eigenvalue weighted by molar-refractivity contribution is -0.384. The molecule has 7 heteroatoms. The Labute approximate surface area is 142 Å². The quantitative estimate of drug-likeness (QED) is 0.432. The Balaban J connectivity index is 2.07. The van der Waals surface area contributed by atoms with Crippen LogP contribution in [-0.2, 0) is 0 Å². The predicted molar refractivity (Wildman–Crippen MR) is 92.4 cm³/mol. The lowest BCUT2D eigenvalue weighted by Crippen LogP contribution is -1.90. The molecule has 3 aromatic rings. The van der Waals surface area contributed by atoms with Crippen molar-refractivity contribution in [2.75, 3.05) is 0 Å². The topological polar surface area (TPSA) is 95.6 Å². The fourth-order valence-corrected chi connectivity index (χ4v) is 2.52. The Morgan fingerprint density at radius 2 is 2.17 bits per heavy atom. The van der Waals surface area contributed by atoms with Gasteiger partial charge >= 0.3 is 0 Å². The maximum Gasteiger partial charge on any atom is 0.288 e. The summed E-state index contributed by atoms with van der Waals surface area (Å²) in [5.74, 6) is 0.413. The zero-order valence-electron chi connectivity index (χ0n) is 12.6. The van der Waals surface area contributed by atoms with Crippen LogP contribution in [0.3, 0.4) is 0 Å². The number of hydrogen-bond acceptors (Lipinski definition) is 4. The van der Waals surface area contributed by atoms with Gasteiger partial charge in [-0.3, -0.25) is 10.1 Å². The van der Waals surface area contributed by atoms with Gasteiger partial charge in [-0.2, -0.15) is 5.26 Å². The van der Waals surface area contributed by atoms with Gasteiger partial charge in [0.2, 0.25) is 0 Å². The normalized spacial score (nSPS) is 11.5. The first-order chi connectivity index (χ1) is 11.5. The summed E-state index contributed by atoms with van der Waals surface area (Å²) in [6.07, 6.45) is 1.54. The number of nitrogens with zero attached hydrogens (tertiary/aromatic N) is 3. The summed E-state index contributed by atoms with van der Waals surface area (Å²) in [6, 6.07) is 12.2. The number of H-pyrrole nitrogens is 1. The Bertz CT molecular complexity index is 1030. The molecule has 0 spiro atoms. The number of imidazole rings is 1. The average Bonchev–Trinajstić information content (AvgIpc) is 2.96. The van der Waals surface area contributed by atoms with Crippen LogP contribution >= 0.6 is 11.6 Å². The second-order valence-electron chi connectivity index (χ2n) is 5.24. The molecule has 0 radical (unpaired) electrons. The maximum atomic E-state index is 11.0. The summed E-state index contributed by atoms with van der Waals surface area (Å²) in [7, 11) is 0. The number of nitriles is 1. The number of fused-ring (bicyclic) bond motifs is 1. The Kier molecular flexibility index (Phi) is 4.02. The molecular formula is C17H11ClN4O2. The van der Waals surface area contributed by atoms with E-state index in [1.165, 1.54) is 18.2 Å². The van der Waals surface area contributed by atoms with Crippen molar-refractivity contribution < 1.29 is 4.92 Å². The summed E-state index contributed by atoms with van der Waals surface area (Å²) < 4.78 is 0. The standard InChI is InChI=1S/C17H11ClN4O2/c1-10-2-5-14-15(6-10)21-17(20-14)12(9-19)7-11-3-4-13(18)16(8-11)22(23)24/h2-8H,1H3,(H,20,21)/b12-7-. The first-order valence-electron chi connectivity index (χ1n) is 7.00. The van der Waals surface area contributed by atoms with Gasteiger partial charge in [0.1, 0.15) is 16.9 Å². The van der Waals surface area contributed by atoms with E-state index in [1.807, 2.05) is 25.1 Å². The third-order valence-corrected chi connectivity index (χ3v) is 3.81. The summed E-state index contributed by atoms with van der Waals surface area (Å²) in [4.78, 5) is 17.9. The van der Waals surface area contributed by atoms with Gasteiger partial charge in [0.15, 0.2) is 0 Å². The SMILES string of the molecule is Cc1ccc2nc(/C(C#N)=C\c3ccc(Cl)c([N+](=O)[O-])c3)[nH]c2c1. The van der Waals surface area contributed by atoms with Gasteiger partial charge in [0, 0.05) is 6.07 Å². The van der Waals surface area contributed by atoms with Gasteiger partial charge in [0.25, 0.3) is 5.69 Å². The van der Waals surface area contributed by atoms with Crippen LogP contribution in [0.5, 0.6) is 0 Å². The average molecular weight is 339 g/mol. The molecule has 0 aliphatic carbocycles. The molecular weight excluding hydrogens is 328 g/mol. The van der Waals surface area contributed by atoms with Crippen molar-refractivity contribution in [2.24, 2.45) is 0 Å². The first-order valence-corrected chi connectivity index (χ1v) is 7.38. The van der Waals surface area contributed by atoms with E-state index >= 15 is 0 Å². The lowest BCUT2D eigenvalue weighted by atomic mass is 10.1. The van der Waals surface area contributed by atoms with Crippen LogP contribution in [0.15, 0.2) is 36.4 Å². The Hall–Kier alpha value is -3.17. The van der Waals surface area contributed by atoms with Crippen molar-refractivity contribution in [2.45, 2.75) is 6.92 Å². The number of nitro benzene ring substituents is 1. The van der Waals surface area contributed by atoms with Gasteiger partial charge < -0.3 is 4.98 Å². The summed E-state index contributed by atoms with van der Waals surface area (Å²) >= 11 is 5.80. The smallest absolute Gasteiger partial charge is 0.288 e. The van der Waals surface area contributed by atoms with Crippen molar-refractivity contribution in [3.63, 3.8) is 0 Å². The highest BCUT2D eigenvalue weighted by Crippen LogP contribution is 2.27. The molecule has 1 aromatic heterocycles. The second kappa shape index (κ2) is 6.14. The monoisotopic (exact) mass is 338 g/mol. The van der Waals surface area contributed by atoms with Crippen molar-refractivity contribution >= 4 is 40.0 Å². The molecule has 1 heterocycles. The third-order valence-electron chi connectivity index (χ3n) is 3.49. The van der Waals surface area contributed by atoms with E-state index in [4.69, 9.17) is 11.6 Å². The fraction of sp³-hybridized carbons (Fsp3) is 0.0588. The molecule has 1 N–H and O–H groups in total. The van der Waals surface area contributed by atoms with Crippen LogP contribution in [0.4, 0.5) is 5.69 Å². The molecule has 118 valence electrons. The molecule has 0 aliphatic heterocycles. The molecule has 24 heavy (non-hydrogen) atoms. The Morgan fingerprint density at radius 3 is 2.88 bits per heavy atom. The summed E-state index contributed by atoms with van der Waals surface area (Å²) in [6.45, 7) is 1.97. The van der Waals surface area contributed by atoms with E-state index in [1.54, 1.807) is 6.07 Å². The number of rotatable bonds is 3. The highest BCUT2D eigenvalue weighted by Gasteiger charge is 2.13. The molecule has 0 fully saturated rings. The molecule has 0 amide bonds. The van der Waals surface area contributed by atoms with Crippen molar-refractivity contribution in [1.29, 1.82) is 5.26 Å². The van der Waals surface area contributed by atoms with Crippen LogP contribution < -0.4 is 0 Å². The predicted octanol–water partition coefficient (Wildman–Crippen LogP) is 4.50. The van der Waals surface area contributed by atoms with E-state index in [0.29, 0.717) is 11.4 Å². The van der Waals surface area contributed by atoms with Gasteiger partial charge in [-0.05, 0) is 42.3 Å². The zero-order chi connectivity index (χ0) is 17.3. The lowest BCUT2D eigenvalue weighted by Gasteiger charge is -1.98. The number of halogens is 1. The molecule has 6 nitrogen and oxygen atoms in total. The molecule has 0 saturated carbocycles. The Morgan fingerprint density at radius 1 is 1.38 bits per heavy atom. The second-order valence-corrected chi connectivity index (χ2v) is 5.65. The minimum atomic E-state index is -0.560. The number of aromatic amines is 1. The molecule has 0 saturated heterocycles. The van der Waals surface area contributed by atoms with Crippen LogP contribution in [0.25, 0.3) is 22.7 Å². The van der Waals surface area contributed by atoms with E-state index in [-0.39, 0.29) is 16.3 Å². The van der Waals surface area contributed by atoms with Gasteiger partial charge in [-0.25, -0.2) is 4.98 Å². The van der Waals surface area contributed by atoms with Crippen molar-refractivity contribution in [3.05, 3.63) is 68.5 Å². The van der Waals surface area contributed by atoms with Crippen LogP contribution in [-0.4, -0.2) is 14.9 Å².